The highest BCUT2D eigenvalue weighted by atomic mass is 16.4. The molecule has 0 radical (unpaired) electrons. The number of oxazole rings is 1. The lowest BCUT2D eigenvalue weighted by molar-refractivity contribution is 0.351. The number of nitrogens with zero attached hydrogens (tertiary/aromatic N) is 2. The fourth-order valence-corrected chi connectivity index (χ4v) is 2.03. The van der Waals surface area contributed by atoms with Crippen LogP contribution in [-0.4, -0.2) is 22.1 Å². The fraction of sp³-hybridized carbons (Fsp3) is 0.538. The second-order valence-corrected chi connectivity index (χ2v) is 4.71. The summed E-state index contributed by atoms with van der Waals surface area (Å²) in [4.78, 5) is 16.0. The third-order valence-electron chi connectivity index (χ3n) is 3.07. The fourth-order valence-electron chi connectivity index (χ4n) is 2.03. The van der Waals surface area contributed by atoms with Crippen LogP contribution in [0.15, 0.2) is 27.5 Å². The molecule has 2 rings (SSSR count). The van der Waals surface area contributed by atoms with E-state index in [9.17, 15) is 4.79 Å². The first-order valence-electron chi connectivity index (χ1n) is 6.31. The van der Waals surface area contributed by atoms with Crippen LogP contribution in [0.25, 0.3) is 11.2 Å². The molecule has 1 N–H and O–H groups in total. The van der Waals surface area contributed by atoms with Crippen molar-refractivity contribution in [3.05, 3.63) is 28.9 Å². The number of likely N-dealkylation sites (N-methyl/N-ethyl adjacent to an activating group) is 1. The second kappa shape index (κ2) is 5.35. The monoisotopic (exact) mass is 249 g/mol. The first kappa shape index (κ1) is 12.8. The van der Waals surface area contributed by atoms with Crippen LogP contribution in [0.5, 0.6) is 0 Å². The lowest BCUT2D eigenvalue weighted by Gasteiger charge is -2.21. The molecule has 0 aromatic carbocycles. The molecular weight excluding hydrogens is 230 g/mol. The predicted molar refractivity (Wildman–Crippen MR) is 70.6 cm³/mol. The molecule has 0 saturated carbocycles. The van der Waals surface area contributed by atoms with Crippen molar-refractivity contribution in [2.45, 2.75) is 33.4 Å². The predicted octanol–water partition coefficient (Wildman–Crippen LogP) is 1.62. The minimum absolute atomic E-state index is 0.232. The first-order valence-corrected chi connectivity index (χ1v) is 6.31. The van der Waals surface area contributed by atoms with Crippen molar-refractivity contribution < 1.29 is 4.42 Å². The molecule has 0 aliphatic heterocycles. The molecule has 0 fully saturated rings. The van der Waals surface area contributed by atoms with Gasteiger partial charge in [-0.25, -0.2) is 9.78 Å². The molecule has 0 amide bonds. The van der Waals surface area contributed by atoms with Crippen molar-refractivity contribution in [3.8, 4) is 0 Å². The SMILES string of the molecule is CCNC(Cn1c(=O)oc2cccnc21)C(C)C. The number of rotatable bonds is 5. The first-order chi connectivity index (χ1) is 8.63. The molecule has 0 spiro atoms. The highest BCUT2D eigenvalue weighted by Gasteiger charge is 2.17. The molecule has 0 aliphatic carbocycles. The summed E-state index contributed by atoms with van der Waals surface area (Å²) in [5.41, 5.74) is 1.16. The van der Waals surface area contributed by atoms with Crippen molar-refractivity contribution in [2.24, 2.45) is 5.92 Å². The second-order valence-electron chi connectivity index (χ2n) is 4.71. The summed E-state index contributed by atoms with van der Waals surface area (Å²) in [7, 11) is 0. The smallest absolute Gasteiger partial charge is 0.406 e. The van der Waals surface area contributed by atoms with E-state index < -0.39 is 0 Å². The van der Waals surface area contributed by atoms with Gasteiger partial charge in [-0.2, -0.15) is 0 Å². The molecule has 0 bridgehead atoms. The molecule has 5 nitrogen and oxygen atoms in total. The lowest BCUT2D eigenvalue weighted by atomic mass is 10.0. The highest BCUT2D eigenvalue weighted by molar-refractivity contribution is 5.67. The van der Waals surface area contributed by atoms with Gasteiger partial charge in [-0.3, -0.25) is 4.57 Å². The number of hydrogen-bond acceptors (Lipinski definition) is 4. The summed E-state index contributed by atoms with van der Waals surface area (Å²) in [5.74, 6) is 0.0952. The summed E-state index contributed by atoms with van der Waals surface area (Å²) < 4.78 is 6.77. The Morgan fingerprint density at radius 3 is 2.94 bits per heavy atom. The van der Waals surface area contributed by atoms with Gasteiger partial charge in [0.25, 0.3) is 0 Å². The number of fused-ring (bicyclic) bond motifs is 1. The van der Waals surface area contributed by atoms with E-state index in [0.29, 0.717) is 23.7 Å². The van der Waals surface area contributed by atoms with E-state index in [0.717, 1.165) is 6.54 Å². The standard InChI is InChI=1S/C13H19N3O2/c1-4-14-10(9(2)3)8-16-12-11(18-13(16)17)6-5-7-15-12/h5-7,9-10,14H,4,8H2,1-3H3. The van der Waals surface area contributed by atoms with Crippen molar-refractivity contribution in [2.75, 3.05) is 6.54 Å². The van der Waals surface area contributed by atoms with E-state index >= 15 is 0 Å². The molecule has 98 valence electrons. The third kappa shape index (κ3) is 2.46. The topological polar surface area (TPSA) is 60.1 Å². The van der Waals surface area contributed by atoms with Gasteiger partial charge in [-0.1, -0.05) is 20.8 Å². The van der Waals surface area contributed by atoms with E-state index in [-0.39, 0.29) is 11.8 Å². The largest absolute Gasteiger partial charge is 0.421 e. The summed E-state index contributed by atoms with van der Waals surface area (Å²) >= 11 is 0. The maximum atomic E-state index is 11.8. The van der Waals surface area contributed by atoms with E-state index in [1.807, 2.05) is 0 Å². The van der Waals surface area contributed by atoms with Gasteiger partial charge < -0.3 is 9.73 Å². The van der Waals surface area contributed by atoms with Crippen molar-refractivity contribution in [1.29, 1.82) is 0 Å². The molecule has 18 heavy (non-hydrogen) atoms. The van der Waals surface area contributed by atoms with Crippen LogP contribution < -0.4 is 11.1 Å². The molecule has 2 aromatic heterocycles. The molecule has 1 atom stereocenters. The van der Waals surface area contributed by atoms with Crippen LogP contribution in [0.1, 0.15) is 20.8 Å². The van der Waals surface area contributed by atoms with Crippen LogP contribution in [0, 0.1) is 5.92 Å². The highest BCUT2D eigenvalue weighted by Crippen LogP contribution is 2.11. The maximum Gasteiger partial charge on any atom is 0.421 e. The number of nitrogens with one attached hydrogen (secondary N) is 1. The molecule has 1 unspecified atom stereocenters. The van der Waals surface area contributed by atoms with E-state index in [4.69, 9.17) is 4.42 Å². The Hall–Kier alpha value is -1.62. The summed E-state index contributed by atoms with van der Waals surface area (Å²) in [6.07, 6.45) is 1.67. The minimum Gasteiger partial charge on any atom is -0.406 e. The summed E-state index contributed by atoms with van der Waals surface area (Å²) in [6.45, 7) is 7.78. The molecular formula is C13H19N3O2. The zero-order chi connectivity index (χ0) is 13.1. The normalized spacial score (nSPS) is 13.3. The van der Waals surface area contributed by atoms with Crippen molar-refractivity contribution >= 4 is 11.2 Å². The van der Waals surface area contributed by atoms with Crippen LogP contribution >= 0.6 is 0 Å². The molecule has 2 heterocycles. The Balaban J connectivity index is 2.35. The molecule has 2 aromatic rings. The van der Waals surface area contributed by atoms with Crippen LogP contribution in [0.3, 0.4) is 0 Å². The number of hydrogen-bond donors (Lipinski definition) is 1. The van der Waals surface area contributed by atoms with Crippen molar-refractivity contribution in [1.82, 2.24) is 14.9 Å². The van der Waals surface area contributed by atoms with Crippen molar-refractivity contribution in [3.63, 3.8) is 0 Å². The van der Waals surface area contributed by atoms with Gasteiger partial charge in [0.1, 0.15) is 0 Å². The average Bonchev–Trinajstić information content (AvgIpc) is 2.65. The van der Waals surface area contributed by atoms with Crippen LogP contribution in [0.4, 0.5) is 0 Å². The Kier molecular flexibility index (Phi) is 3.81. The van der Waals surface area contributed by atoms with E-state index in [1.54, 1.807) is 22.9 Å². The maximum absolute atomic E-state index is 11.8. The van der Waals surface area contributed by atoms with Gasteiger partial charge in [0.15, 0.2) is 11.2 Å². The summed E-state index contributed by atoms with van der Waals surface area (Å²) in [5, 5.41) is 3.38. The lowest BCUT2D eigenvalue weighted by Crippen LogP contribution is -2.39. The third-order valence-corrected chi connectivity index (χ3v) is 3.07. The van der Waals surface area contributed by atoms with Gasteiger partial charge in [-0.15, -0.1) is 0 Å². The minimum atomic E-state index is -0.341. The van der Waals surface area contributed by atoms with Gasteiger partial charge >= 0.3 is 5.76 Å². The number of aromatic nitrogens is 2. The average molecular weight is 249 g/mol. The Morgan fingerprint density at radius 2 is 2.28 bits per heavy atom. The van der Waals surface area contributed by atoms with Gasteiger partial charge in [0.05, 0.1) is 0 Å². The zero-order valence-corrected chi connectivity index (χ0v) is 11.0. The Bertz CT molecular complexity index is 571. The van der Waals surface area contributed by atoms with Crippen LogP contribution in [0.2, 0.25) is 0 Å². The quantitative estimate of drug-likeness (QED) is 0.874. The van der Waals surface area contributed by atoms with Gasteiger partial charge in [0.2, 0.25) is 0 Å². The zero-order valence-electron chi connectivity index (χ0n) is 11.0. The van der Waals surface area contributed by atoms with E-state index in [1.165, 1.54) is 0 Å². The molecule has 5 heteroatoms. The van der Waals surface area contributed by atoms with E-state index in [2.05, 4.69) is 31.1 Å². The van der Waals surface area contributed by atoms with Crippen LogP contribution in [-0.2, 0) is 6.54 Å². The Morgan fingerprint density at radius 1 is 1.50 bits per heavy atom. The van der Waals surface area contributed by atoms with Gasteiger partial charge in [0, 0.05) is 18.8 Å². The number of pyridine rings is 1. The Labute approximate surface area is 106 Å². The molecule has 0 saturated heterocycles. The summed E-state index contributed by atoms with van der Waals surface area (Å²) in [6, 6.07) is 3.76. The van der Waals surface area contributed by atoms with Gasteiger partial charge in [-0.05, 0) is 24.6 Å². The molecule has 0 aliphatic rings.